The van der Waals surface area contributed by atoms with Crippen molar-refractivity contribution in [3.63, 3.8) is 0 Å². The van der Waals surface area contributed by atoms with E-state index < -0.39 is 23.6 Å². The molecule has 1 aliphatic heterocycles. The van der Waals surface area contributed by atoms with Gasteiger partial charge < -0.3 is 4.90 Å². The molecule has 1 aromatic carbocycles. The van der Waals surface area contributed by atoms with Crippen LogP contribution < -0.4 is 0 Å². The maximum absolute atomic E-state index is 12.9. The Kier molecular flexibility index (Phi) is 6.39. The van der Waals surface area contributed by atoms with Crippen molar-refractivity contribution in [1.82, 2.24) is 14.9 Å². The highest BCUT2D eigenvalue weighted by molar-refractivity contribution is 5.95. The number of piperidine rings is 1. The fourth-order valence-corrected chi connectivity index (χ4v) is 3.72. The molecule has 1 amide bonds. The van der Waals surface area contributed by atoms with E-state index in [4.69, 9.17) is 0 Å². The standard InChI is InChI=1S/C22H21F3N4O2/c1-13-11-14(2)28-20(27-13)18(12-26)19(30)15-7-9-29(10-8-15)21(31)16-3-5-17(6-4-16)22(23,24)25/h3-6,11,15,18H,7-10H2,1-2H3. The van der Waals surface area contributed by atoms with Crippen LogP contribution in [0.3, 0.4) is 0 Å². The van der Waals surface area contributed by atoms with E-state index in [-0.39, 0.29) is 36.2 Å². The Morgan fingerprint density at radius 2 is 1.65 bits per heavy atom. The number of nitriles is 1. The molecule has 1 unspecified atom stereocenters. The van der Waals surface area contributed by atoms with Gasteiger partial charge in [0.15, 0.2) is 17.5 Å². The first-order valence-corrected chi connectivity index (χ1v) is 9.82. The number of hydrogen-bond acceptors (Lipinski definition) is 5. The molecule has 2 heterocycles. The lowest BCUT2D eigenvalue weighted by atomic mass is 9.85. The maximum atomic E-state index is 12.9. The van der Waals surface area contributed by atoms with Crippen molar-refractivity contribution in [3.05, 3.63) is 58.7 Å². The molecule has 1 atom stereocenters. The molecule has 1 aromatic heterocycles. The highest BCUT2D eigenvalue weighted by atomic mass is 19.4. The first kappa shape index (κ1) is 22.4. The molecule has 3 rings (SSSR count). The number of carbonyl (C=O) groups excluding carboxylic acids is 2. The Morgan fingerprint density at radius 3 is 2.13 bits per heavy atom. The summed E-state index contributed by atoms with van der Waals surface area (Å²) in [6.07, 6.45) is -3.72. The van der Waals surface area contributed by atoms with Crippen LogP contribution in [0.5, 0.6) is 0 Å². The van der Waals surface area contributed by atoms with Crippen LogP contribution >= 0.6 is 0 Å². The molecule has 0 bridgehead atoms. The number of carbonyl (C=O) groups is 2. The molecule has 1 aliphatic rings. The first-order chi connectivity index (χ1) is 14.6. The summed E-state index contributed by atoms with van der Waals surface area (Å²) in [4.78, 5) is 35.5. The van der Waals surface area contributed by atoms with Crippen molar-refractivity contribution in [2.75, 3.05) is 13.1 Å². The van der Waals surface area contributed by atoms with Crippen LogP contribution in [0.25, 0.3) is 0 Å². The van der Waals surface area contributed by atoms with E-state index in [1.807, 2.05) is 6.07 Å². The Morgan fingerprint density at radius 1 is 1.10 bits per heavy atom. The summed E-state index contributed by atoms with van der Waals surface area (Å²) in [6, 6.07) is 7.83. The predicted molar refractivity (Wildman–Crippen MR) is 105 cm³/mol. The third kappa shape index (κ3) is 5.08. The van der Waals surface area contributed by atoms with Crippen LogP contribution in [-0.2, 0) is 11.0 Å². The van der Waals surface area contributed by atoms with Crippen LogP contribution in [0.2, 0.25) is 0 Å². The molecule has 6 nitrogen and oxygen atoms in total. The molecule has 0 N–H and O–H groups in total. The number of nitrogens with zero attached hydrogens (tertiary/aromatic N) is 4. The molecule has 1 fully saturated rings. The summed E-state index contributed by atoms with van der Waals surface area (Å²) in [7, 11) is 0. The first-order valence-electron chi connectivity index (χ1n) is 9.82. The number of amides is 1. The third-order valence-electron chi connectivity index (χ3n) is 5.32. The van der Waals surface area contributed by atoms with E-state index in [0.717, 1.165) is 24.3 Å². The van der Waals surface area contributed by atoms with Gasteiger partial charge in [-0.25, -0.2) is 9.97 Å². The number of halogens is 3. The van der Waals surface area contributed by atoms with Gasteiger partial charge in [-0.3, -0.25) is 9.59 Å². The quantitative estimate of drug-likeness (QED) is 0.736. The number of hydrogen-bond donors (Lipinski definition) is 0. The fourth-order valence-electron chi connectivity index (χ4n) is 3.72. The lowest BCUT2D eigenvalue weighted by Crippen LogP contribution is -2.41. The molecule has 2 aromatic rings. The number of aromatic nitrogens is 2. The molecule has 0 radical (unpaired) electrons. The number of alkyl halides is 3. The van der Waals surface area contributed by atoms with Gasteiger partial charge in [-0.1, -0.05) is 0 Å². The molecule has 31 heavy (non-hydrogen) atoms. The molecular formula is C22H21F3N4O2. The second-order valence-electron chi connectivity index (χ2n) is 7.61. The van der Waals surface area contributed by atoms with Gasteiger partial charge in [0.1, 0.15) is 0 Å². The topological polar surface area (TPSA) is 87.0 Å². The smallest absolute Gasteiger partial charge is 0.339 e. The molecule has 0 aliphatic carbocycles. The van der Waals surface area contributed by atoms with Crippen LogP contribution in [0, 0.1) is 31.1 Å². The van der Waals surface area contributed by atoms with Crippen molar-refractivity contribution in [2.24, 2.45) is 5.92 Å². The number of benzene rings is 1. The molecule has 9 heteroatoms. The summed E-state index contributed by atoms with van der Waals surface area (Å²) in [6.45, 7) is 4.09. The van der Waals surface area contributed by atoms with Gasteiger partial charge in [0.2, 0.25) is 0 Å². The zero-order chi connectivity index (χ0) is 22.8. The largest absolute Gasteiger partial charge is 0.416 e. The van der Waals surface area contributed by atoms with E-state index in [0.29, 0.717) is 24.2 Å². The van der Waals surface area contributed by atoms with E-state index in [1.165, 1.54) is 4.90 Å². The normalized spacial score (nSPS) is 15.9. The summed E-state index contributed by atoms with van der Waals surface area (Å²) in [5.74, 6) is -1.94. The summed E-state index contributed by atoms with van der Waals surface area (Å²) in [5, 5.41) is 9.54. The van der Waals surface area contributed by atoms with E-state index in [1.54, 1.807) is 19.9 Å². The highest BCUT2D eigenvalue weighted by Crippen LogP contribution is 2.30. The summed E-state index contributed by atoms with van der Waals surface area (Å²) in [5.41, 5.74) is 0.695. The van der Waals surface area contributed by atoms with Gasteiger partial charge in [0.05, 0.1) is 11.6 Å². The average molecular weight is 430 g/mol. The van der Waals surface area contributed by atoms with Crippen LogP contribution in [0.4, 0.5) is 13.2 Å². The average Bonchev–Trinajstić information content (AvgIpc) is 2.72. The highest BCUT2D eigenvalue weighted by Gasteiger charge is 2.34. The maximum Gasteiger partial charge on any atom is 0.416 e. The predicted octanol–water partition coefficient (Wildman–Crippen LogP) is 3.84. The molecule has 1 saturated heterocycles. The van der Waals surface area contributed by atoms with Crippen LogP contribution in [0.1, 0.15) is 51.9 Å². The number of likely N-dealkylation sites (tertiary alicyclic amines) is 1. The SMILES string of the molecule is Cc1cc(C)nc(C(C#N)C(=O)C2CCN(C(=O)c3ccc(C(F)(F)F)cc3)CC2)n1. The molecule has 162 valence electrons. The van der Waals surface area contributed by atoms with Crippen molar-refractivity contribution < 1.29 is 22.8 Å². The monoisotopic (exact) mass is 430 g/mol. The van der Waals surface area contributed by atoms with Gasteiger partial charge in [-0.15, -0.1) is 0 Å². The summed E-state index contributed by atoms with van der Waals surface area (Å²) < 4.78 is 38.1. The van der Waals surface area contributed by atoms with Gasteiger partial charge in [0, 0.05) is 36.0 Å². The van der Waals surface area contributed by atoms with E-state index in [2.05, 4.69) is 9.97 Å². The Balaban J connectivity index is 1.65. The van der Waals surface area contributed by atoms with E-state index in [9.17, 15) is 28.0 Å². The number of aryl methyl sites for hydroxylation is 2. The van der Waals surface area contributed by atoms with Crippen LogP contribution in [0.15, 0.2) is 30.3 Å². The van der Waals surface area contributed by atoms with E-state index >= 15 is 0 Å². The Bertz CT molecular complexity index is 1000. The second kappa shape index (κ2) is 8.84. The van der Waals surface area contributed by atoms with Crippen molar-refractivity contribution in [2.45, 2.75) is 38.8 Å². The Hall–Kier alpha value is -3.28. The minimum Gasteiger partial charge on any atom is -0.339 e. The molecule has 0 spiro atoms. The second-order valence-corrected chi connectivity index (χ2v) is 7.61. The summed E-state index contributed by atoms with van der Waals surface area (Å²) >= 11 is 0. The lowest BCUT2D eigenvalue weighted by molar-refractivity contribution is -0.137. The van der Waals surface area contributed by atoms with Crippen molar-refractivity contribution in [3.8, 4) is 6.07 Å². The minimum absolute atomic E-state index is 0.163. The number of rotatable bonds is 4. The number of ketones is 1. The number of Topliss-reactive ketones (excluding diaryl/α,β-unsaturated/α-hetero) is 1. The van der Waals surface area contributed by atoms with Crippen LogP contribution in [-0.4, -0.2) is 39.6 Å². The fraction of sp³-hybridized carbons (Fsp3) is 0.409. The minimum atomic E-state index is -4.46. The third-order valence-corrected chi connectivity index (χ3v) is 5.32. The van der Waals surface area contributed by atoms with Gasteiger partial charge in [-0.05, 0) is 57.0 Å². The Labute approximate surface area is 177 Å². The zero-order valence-corrected chi connectivity index (χ0v) is 17.1. The molecular weight excluding hydrogens is 409 g/mol. The van der Waals surface area contributed by atoms with Crippen molar-refractivity contribution in [1.29, 1.82) is 5.26 Å². The zero-order valence-electron chi connectivity index (χ0n) is 17.1. The van der Waals surface area contributed by atoms with Crippen molar-refractivity contribution >= 4 is 11.7 Å². The van der Waals surface area contributed by atoms with Gasteiger partial charge in [-0.2, -0.15) is 18.4 Å². The van der Waals surface area contributed by atoms with Gasteiger partial charge >= 0.3 is 6.18 Å². The van der Waals surface area contributed by atoms with Gasteiger partial charge in [0.25, 0.3) is 5.91 Å². The lowest BCUT2D eigenvalue weighted by Gasteiger charge is -2.32. The molecule has 0 saturated carbocycles.